The van der Waals surface area contributed by atoms with Crippen molar-refractivity contribution in [1.82, 2.24) is 5.43 Å². The Bertz CT molecular complexity index is 826. The van der Waals surface area contributed by atoms with Crippen molar-refractivity contribution in [1.29, 1.82) is 0 Å². The Balaban J connectivity index is 1.69. The standard InChI is InChI=1S/C19H19F3N2OS/c1-2-12-7-8-16-14(9-12)10-17(26-16)18(25)24-23-11-13-5-3-4-6-15(13)19(20,21)22/h3-6,10-12H,2,7-9H2,1H3,(H,24,25)/b23-11-/t12-/m1/s1. The van der Waals surface area contributed by atoms with E-state index >= 15 is 0 Å². The van der Waals surface area contributed by atoms with Gasteiger partial charge in [-0.3, -0.25) is 4.79 Å². The van der Waals surface area contributed by atoms with E-state index in [0.29, 0.717) is 10.8 Å². The Kier molecular flexibility index (Phi) is 5.46. The second-order valence-electron chi connectivity index (χ2n) is 6.36. The molecule has 0 fully saturated rings. The molecule has 1 N–H and O–H groups in total. The quantitative estimate of drug-likeness (QED) is 0.586. The number of alkyl halides is 3. The van der Waals surface area contributed by atoms with Crippen LogP contribution in [0.2, 0.25) is 0 Å². The lowest BCUT2D eigenvalue weighted by Gasteiger charge is -2.19. The van der Waals surface area contributed by atoms with E-state index in [2.05, 4.69) is 17.5 Å². The predicted molar refractivity (Wildman–Crippen MR) is 96.6 cm³/mol. The van der Waals surface area contributed by atoms with Crippen LogP contribution < -0.4 is 5.43 Å². The number of aryl methyl sites for hydroxylation is 1. The summed E-state index contributed by atoms with van der Waals surface area (Å²) >= 11 is 1.44. The van der Waals surface area contributed by atoms with Crippen LogP contribution >= 0.6 is 11.3 Å². The van der Waals surface area contributed by atoms with Crippen LogP contribution in [0.1, 0.15) is 51.0 Å². The van der Waals surface area contributed by atoms with Crippen LogP contribution in [0.25, 0.3) is 0 Å². The van der Waals surface area contributed by atoms with Gasteiger partial charge in [0.1, 0.15) is 0 Å². The van der Waals surface area contributed by atoms with Crippen LogP contribution in [0.4, 0.5) is 13.2 Å². The number of fused-ring (bicyclic) bond motifs is 1. The van der Waals surface area contributed by atoms with Gasteiger partial charge in [-0.25, -0.2) is 5.43 Å². The lowest BCUT2D eigenvalue weighted by Crippen LogP contribution is -2.17. The maximum atomic E-state index is 12.9. The van der Waals surface area contributed by atoms with Crippen LogP contribution in [0, 0.1) is 5.92 Å². The molecule has 0 bridgehead atoms. The van der Waals surface area contributed by atoms with E-state index in [-0.39, 0.29) is 5.56 Å². The summed E-state index contributed by atoms with van der Waals surface area (Å²) in [6, 6.07) is 7.00. The number of carbonyl (C=O) groups excluding carboxylic acids is 1. The maximum Gasteiger partial charge on any atom is 0.417 e. The number of hydrogen-bond donors (Lipinski definition) is 1. The Morgan fingerprint density at radius 2 is 2.15 bits per heavy atom. The van der Waals surface area contributed by atoms with Crippen molar-refractivity contribution in [3.8, 4) is 0 Å². The van der Waals surface area contributed by atoms with E-state index in [1.807, 2.05) is 6.07 Å². The van der Waals surface area contributed by atoms with Crippen LogP contribution in [0.3, 0.4) is 0 Å². The third-order valence-corrected chi connectivity index (χ3v) is 5.86. The van der Waals surface area contributed by atoms with Gasteiger partial charge in [-0.1, -0.05) is 31.5 Å². The third kappa shape index (κ3) is 4.15. The summed E-state index contributed by atoms with van der Waals surface area (Å²) in [7, 11) is 0. The zero-order valence-corrected chi connectivity index (χ0v) is 15.1. The first kappa shape index (κ1) is 18.6. The second-order valence-corrected chi connectivity index (χ2v) is 7.50. The van der Waals surface area contributed by atoms with E-state index in [1.165, 1.54) is 40.0 Å². The van der Waals surface area contributed by atoms with Gasteiger partial charge in [0.05, 0.1) is 16.7 Å². The zero-order valence-electron chi connectivity index (χ0n) is 14.3. The predicted octanol–water partition coefficient (Wildman–Crippen LogP) is 5.05. The van der Waals surface area contributed by atoms with Gasteiger partial charge in [-0.2, -0.15) is 18.3 Å². The lowest BCUT2D eigenvalue weighted by molar-refractivity contribution is -0.137. The molecule has 0 saturated carbocycles. The monoisotopic (exact) mass is 380 g/mol. The average molecular weight is 380 g/mol. The van der Waals surface area contributed by atoms with Crippen LogP contribution in [-0.4, -0.2) is 12.1 Å². The molecule has 0 radical (unpaired) electrons. The Hall–Kier alpha value is -2.15. The highest BCUT2D eigenvalue weighted by Gasteiger charge is 2.32. The van der Waals surface area contributed by atoms with Gasteiger partial charge in [0.25, 0.3) is 5.91 Å². The van der Waals surface area contributed by atoms with Crippen molar-refractivity contribution in [2.75, 3.05) is 0 Å². The molecule has 1 amide bonds. The van der Waals surface area contributed by atoms with Crippen molar-refractivity contribution in [2.24, 2.45) is 11.0 Å². The van der Waals surface area contributed by atoms with Crippen molar-refractivity contribution >= 4 is 23.5 Å². The Morgan fingerprint density at radius 3 is 2.88 bits per heavy atom. The highest BCUT2D eigenvalue weighted by Crippen LogP contribution is 2.33. The Morgan fingerprint density at radius 1 is 1.38 bits per heavy atom. The minimum atomic E-state index is -4.46. The summed E-state index contributed by atoms with van der Waals surface area (Å²) in [5, 5.41) is 3.71. The summed E-state index contributed by atoms with van der Waals surface area (Å²) in [6.45, 7) is 2.17. The largest absolute Gasteiger partial charge is 0.417 e. The van der Waals surface area contributed by atoms with Gasteiger partial charge in [0, 0.05) is 10.4 Å². The third-order valence-electron chi connectivity index (χ3n) is 4.62. The van der Waals surface area contributed by atoms with Gasteiger partial charge in [-0.15, -0.1) is 11.3 Å². The molecule has 7 heteroatoms. The molecule has 1 atom stereocenters. The number of hydrogen-bond acceptors (Lipinski definition) is 3. The molecule has 1 aliphatic carbocycles. The molecule has 0 saturated heterocycles. The summed E-state index contributed by atoms with van der Waals surface area (Å²) in [6.07, 6.45) is 0.791. The SMILES string of the molecule is CC[C@@H]1CCc2sc(C(=O)N/N=C\c3ccccc3C(F)(F)F)cc2C1. The first-order chi connectivity index (χ1) is 12.4. The highest BCUT2D eigenvalue weighted by atomic mass is 32.1. The Labute approximate surface area is 153 Å². The van der Waals surface area contributed by atoms with Crippen LogP contribution in [-0.2, 0) is 19.0 Å². The molecule has 0 aliphatic heterocycles. The van der Waals surface area contributed by atoms with E-state index in [0.717, 1.165) is 38.0 Å². The van der Waals surface area contributed by atoms with Crippen molar-refractivity contribution in [3.63, 3.8) is 0 Å². The van der Waals surface area contributed by atoms with E-state index in [1.54, 1.807) is 0 Å². The number of nitrogens with one attached hydrogen (secondary N) is 1. The number of thiophene rings is 1. The molecule has 1 aliphatic rings. The summed E-state index contributed by atoms with van der Waals surface area (Å²) in [5.41, 5.74) is 2.68. The minimum absolute atomic E-state index is 0.0865. The molecular formula is C19H19F3N2OS. The number of benzene rings is 1. The normalized spacial score (nSPS) is 17.3. The smallest absolute Gasteiger partial charge is 0.266 e. The summed E-state index contributed by atoms with van der Waals surface area (Å²) < 4.78 is 38.8. The lowest BCUT2D eigenvalue weighted by atomic mass is 9.87. The molecule has 138 valence electrons. The average Bonchev–Trinajstić information content (AvgIpc) is 3.04. The van der Waals surface area contributed by atoms with Crippen molar-refractivity contribution in [3.05, 3.63) is 56.8 Å². The summed E-state index contributed by atoms with van der Waals surface area (Å²) in [4.78, 5) is 14.0. The number of nitrogens with zero attached hydrogens (tertiary/aromatic N) is 1. The fraction of sp³-hybridized carbons (Fsp3) is 0.368. The van der Waals surface area contributed by atoms with Gasteiger partial charge in [-0.05, 0) is 42.9 Å². The maximum absolute atomic E-state index is 12.9. The van der Waals surface area contributed by atoms with Gasteiger partial charge in [0.2, 0.25) is 0 Å². The number of amides is 1. The highest BCUT2D eigenvalue weighted by molar-refractivity contribution is 7.14. The van der Waals surface area contributed by atoms with Crippen molar-refractivity contribution in [2.45, 2.75) is 38.8 Å². The second kappa shape index (κ2) is 7.61. The van der Waals surface area contributed by atoms with Crippen molar-refractivity contribution < 1.29 is 18.0 Å². The molecule has 0 unspecified atom stereocenters. The fourth-order valence-electron chi connectivity index (χ4n) is 3.14. The molecular weight excluding hydrogens is 361 g/mol. The molecule has 3 rings (SSSR count). The fourth-order valence-corrected chi connectivity index (χ4v) is 4.24. The zero-order chi connectivity index (χ0) is 18.7. The van der Waals surface area contributed by atoms with Gasteiger partial charge < -0.3 is 0 Å². The molecule has 1 heterocycles. The van der Waals surface area contributed by atoms with E-state index in [9.17, 15) is 18.0 Å². The number of halogens is 3. The van der Waals surface area contributed by atoms with Gasteiger partial charge in [0.15, 0.2) is 0 Å². The summed E-state index contributed by atoms with van der Waals surface area (Å²) in [5.74, 6) is 0.267. The van der Waals surface area contributed by atoms with Gasteiger partial charge >= 0.3 is 6.18 Å². The van der Waals surface area contributed by atoms with Crippen LogP contribution in [0.5, 0.6) is 0 Å². The number of rotatable bonds is 4. The first-order valence-electron chi connectivity index (χ1n) is 8.49. The molecule has 1 aromatic heterocycles. The first-order valence-corrected chi connectivity index (χ1v) is 9.31. The minimum Gasteiger partial charge on any atom is -0.266 e. The number of carbonyl (C=O) groups is 1. The number of hydrazone groups is 1. The molecule has 1 aromatic carbocycles. The molecule has 3 nitrogen and oxygen atoms in total. The molecule has 0 spiro atoms. The van der Waals surface area contributed by atoms with Crippen LogP contribution in [0.15, 0.2) is 35.4 Å². The molecule has 2 aromatic rings. The molecule has 26 heavy (non-hydrogen) atoms. The van der Waals surface area contributed by atoms with E-state index < -0.39 is 17.6 Å². The topological polar surface area (TPSA) is 41.5 Å². The van der Waals surface area contributed by atoms with E-state index in [4.69, 9.17) is 0 Å².